The fourth-order valence-corrected chi connectivity index (χ4v) is 6.48. The van der Waals surface area contributed by atoms with Gasteiger partial charge in [0.2, 0.25) is 11.8 Å². The second-order valence-corrected chi connectivity index (χ2v) is 10.0. The summed E-state index contributed by atoms with van der Waals surface area (Å²) in [7, 11) is 0. The highest BCUT2D eigenvalue weighted by atomic mass is 16.5. The number of esters is 1. The Hall–Kier alpha value is -3.73. The van der Waals surface area contributed by atoms with Crippen LogP contribution >= 0.6 is 0 Å². The molecule has 0 unspecified atom stereocenters. The molecule has 0 N–H and O–H groups in total. The van der Waals surface area contributed by atoms with Crippen molar-refractivity contribution in [3.63, 3.8) is 0 Å². The van der Waals surface area contributed by atoms with Gasteiger partial charge in [0.1, 0.15) is 0 Å². The van der Waals surface area contributed by atoms with E-state index in [0.29, 0.717) is 17.9 Å². The van der Waals surface area contributed by atoms with Crippen molar-refractivity contribution in [3.8, 4) is 0 Å². The second-order valence-electron chi connectivity index (χ2n) is 10.0. The normalized spacial score (nSPS) is 23.3. The molecule has 2 bridgehead atoms. The minimum atomic E-state index is -0.443. The lowest BCUT2D eigenvalue weighted by molar-refractivity contribution is -0.122. The molecule has 0 radical (unpaired) electrons. The summed E-state index contributed by atoms with van der Waals surface area (Å²) >= 11 is 0. The topological polar surface area (TPSA) is 63.7 Å². The van der Waals surface area contributed by atoms with Gasteiger partial charge in [0, 0.05) is 11.8 Å². The highest BCUT2D eigenvalue weighted by Gasteiger charge is 2.61. The molecular weight excluding hydrogens is 450 g/mol. The van der Waals surface area contributed by atoms with Crippen LogP contribution in [0.1, 0.15) is 77.1 Å². The van der Waals surface area contributed by atoms with Crippen molar-refractivity contribution in [2.24, 2.45) is 11.8 Å². The molecule has 7 rings (SSSR count). The van der Waals surface area contributed by atoms with Gasteiger partial charge in [-0.2, -0.15) is 0 Å². The lowest BCUT2D eigenvalue weighted by atomic mass is 9.55. The lowest BCUT2D eigenvalue weighted by Gasteiger charge is -2.45. The number of benzene rings is 3. The van der Waals surface area contributed by atoms with Crippen molar-refractivity contribution in [2.75, 3.05) is 11.5 Å². The maximum Gasteiger partial charge on any atom is 0.338 e. The van der Waals surface area contributed by atoms with Crippen molar-refractivity contribution in [1.29, 1.82) is 0 Å². The molecule has 0 saturated carbocycles. The third-order valence-corrected chi connectivity index (χ3v) is 8.02. The van der Waals surface area contributed by atoms with Crippen molar-refractivity contribution in [2.45, 2.75) is 44.4 Å². The van der Waals surface area contributed by atoms with Gasteiger partial charge in [-0.25, -0.2) is 9.69 Å². The van der Waals surface area contributed by atoms with E-state index in [9.17, 15) is 14.4 Å². The molecule has 2 amide bonds. The first-order valence-electron chi connectivity index (χ1n) is 12.9. The molecule has 3 aromatic carbocycles. The zero-order valence-electron chi connectivity index (χ0n) is 20.4. The highest BCUT2D eigenvalue weighted by molar-refractivity contribution is 6.23. The van der Waals surface area contributed by atoms with Crippen LogP contribution in [0.2, 0.25) is 0 Å². The zero-order chi connectivity index (χ0) is 24.8. The zero-order valence-corrected chi connectivity index (χ0v) is 20.4. The Kier molecular flexibility index (Phi) is 5.71. The van der Waals surface area contributed by atoms with E-state index in [2.05, 4.69) is 31.2 Å². The number of carbonyl (C=O) groups excluding carboxylic acids is 3. The number of unbranched alkanes of at least 4 members (excludes halogenated alkanes) is 3. The molecule has 0 spiro atoms. The summed E-state index contributed by atoms with van der Waals surface area (Å²) < 4.78 is 5.44. The van der Waals surface area contributed by atoms with Crippen molar-refractivity contribution in [1.82, 2.24) is 0 Å². The largest absolute Gasteiger partial charge is 0.462 e. The van der Waals surface area contributed by atoms with Crippen molar-refractivity contribution < 1.29 is 19.1 Å². The van der Waals surface area contributed by atoms with E-state index in [1.165, 1.54) is 4.90 Å². The van der Waals surface area contributed by atoms with E-state index in [-0.39, 0.29) is 23.7 Å². The van der Waals surface area contributed by atoms with Crippen molar-refractivity contribution >= 4 is 23.5 Å². The molecule has 1 fully saturated rings. The van der Waals surface area contributed by atoms with Crippen LogP contribution in [0.5, 0.6) is 0 Å². The van der Waals surface area contributed by atoms with E-state index >= 15 is 0 Å². The van der Waals surface area contributed by atoms with Crippen LogP contribution in [0, 0.1) is 11.8 Å². The summed E-state index contributed by atoms with van der Waals surface area (Å²) in [5.41, 5.74) is 5.37. The third-order valence-electron chi connectivity index (χ3n) is 8.02. The number of hydrogen-bond donors (Lipinski definition) is 0. The quantitative estimate of drug-likeness (QED) is 0.243. The average molecular weight is 480 g/mol. The Bertz CT molecular complexity index is 1250. The number of ether oxygens (including phenoxy) is 1. The van der Waals surface area contributed by atoms with Crippen molar-refractivity contribution in [3.05, 3.63) is 101 Å². The number of rotatable bonds is 7. The molecular formula is C31H29NO4. The minimum absolute atomic E-state index is 0.148. The maximum absolute atomic E-state index is 13.9. The van der Waals surface area contributed by atoms with Gasteiger partial charge in [0.25, 0.3) is 0 Å². The van der Waals surface area contributed by atoms with E-state index in [0.717, 1.165) is 47.9 Å². The Balaban J connectivity index is 1.32. The molecule has 2 atom stereocenters. The Morgan fingerprint density at radius 3 is 1.83 bits per heavy atom. The summed E-state index contributed by atoms with van der Waals surface area (Å²) in [4.78, 5) is 41.8. The Morgan fingerprint density at radius 1 is 0.750 bits per heavy atom. The van der Waals surface area contributed by atoms with Gasteiger partial charge in [-0.3, -0.25) is 9.59 Å². The molecule has 182 valence electrons. The molecule has 1 aliphatic heterocycles. The standard InChI is InChI=1S/C31H29NO4/c1-2-3-4-9-17-36-31(35)19-11-10-12-20(18-19)32-29(33)27-25-21-13-5-6-14-22(21)26(28(27)30(32)34)24-16-8-7-15-23(24)25/h5-8,10-16,18,25-28H,2-4,9,17H2,1H3/t25?,26?,27-,28-/m0/s1. The van der Waals surface area contributed by atoms with E-state index < -0.39 is 17.8 Å². The van der Waals surface area contributed by atoms with Crippen LogP contribution in [0.15, 0.2) is 72.8 Å². The van der Waals surface area contributed by atoms with Crippen LogP contribution in [0.25, 0.3) is 0 Å². The number of amides is 2. The van der Waals surface area contributed by atoms with E-state index in [1.807, 2.05) is 24.3 Å². The molecule has 0 aromatic heterocycles. The summed E-state index contributed by atoms with van der Waals surface area (Å²) in [6.45, 7) is 2.51. The van der Waals surface area contributed by atoms with E-state index in [4.69, 9.17) is 4.74 Å². The number of hydrogen-bond acceptors (Lipinski definition) is 4. The smallest absolute Gasteiger partial charge is 0.338 e. The first-order chi connectivity index (χ1) is 17.6. The Labute approximate surface area is 211 Å². The van der Waals surface area contributed by atoms with Crippen LogP contribution in [0.4, 0.5) is 5.69 Å². The molecule has 3 aliphatic carbocycles. The first kappa shape index (κ1) is 22.7. The predicted molar refractivity (Wildman–Crippen MR) is 137 cm³/mol. The van der Waals surface area contributed by atoms with E-state index in [1.54, 1.807) is 24.3 Å². The molecule has 3 aromatic rings. The summed E-state index contributed by atoms with van der Waals surface area (Å²) in [5, 5.41) is 0. The number of imide groups is 1. The molecule has 1 heterocycles. The Morgan fingerprint density at radius 2 is 1.31 bits per heavy atom. The first-order valence-corrected chi connectivity index (χ1v) is 12.9. The predicted octanol–water partition coefficient (Wildman–Crippen LogP) is 5.82. The molecule has 1 saturated heterocycles. The van der Waals surface area contributed by atoms with Gasteiger partial charge in [0.15, 0.2) is 0 Å². The van der Waals surface area contributed by atoms with Gasteiger partial charge < -0.3 is 4.74 Å². The fourth-order valence-electron chi connectivity index (χ4n) is 6.48. The highest BCUT2D eigenvalue weighted by Crippen LogP contribution is 2.61. The van der Waals surface area contributed by atoms with Gasteiger partial charge in [-0.05, 0) is 46.9 Å². The fraction of sp³-hybridized carbons (Fsp3) is 0.323. The molecule has 5 heteroatoms. The summed E-state index contributed by atoms with van der Waals surface area (Å²) in [6, 6.07) is 23.1. The van der Waals surface area contributed by atoms with Crippen LogP contribution in [0.3, 0.4) is 0 Å². The van der Waals surface area contributed by atoms with Crippen LogP contribution in [-0.4, -0.2) is 24.4 Å². The average Bonchev–Trinajstić information content (AvgIpc) is 3.18. The maximum atomic E-state index is 13.9. The number of anilines is 1. The van der Waals surface area contributed by atoms with Gasteiger partial charge in [-0.1, -0.05) is 80.8 Å². The molecule has 4 aliphatic rings. The lowest BCUT2D eigenvalue weighted by Crippen LogP contribution is -2.41. The SMILES string of the molecule is CCCCCCOC(=O)c1cccc(N2C(=O)[C@H]3C4c5ccccc5C(c5ccccc54)[C@@H]3C2=O)c1. The molecule has 36 heavy (non-hydrogen) atoms. The monoisotopic (exact) mass is 479 g/mol. The summed E-state index contributed by atoms with van der Waals surface area (Å²) in [5.74, 6) is -1.98. The van der Waals surface area contributed by atoms with Gasteiger partial charge >= 0.3 is 5.97 Å². The van der Waals surface area contributed by atoms with Gasteiger partial charge in [-0.15, -0.1) is 0 Å². The second kappa shape index (κ2) is 9.05. The van der Waals surface area contributed by atoms with Gasteiger partial charge in [0.05, 0.1) is 29.7 Å². The number of carbonyl (C=O) groups is 3. The molecule has 5 nitrogen and oxygen atoms in total. The summed E-state index contributed by atoms with van der Waals surface area (Å²) in [6.07, 6.45) is 4.09. The number of nitrogens with zero attached hydrogens (tertiary/aromatic N) is 1. The van der Waals surface area contributed by atoms with Crippen LogP contribution in [-0.2, 0) is 14.3 Å². The van der Waals surface area contributed by atoms with Crippen LogP contribution < -0.4 is 4.90 Å². The third kappa shape index (κ3) is 3.41. The minimum Gasteiger partial charge on any atom is -0.462 e.